The molecule has 0 aliphatic rings. The van der Waals surface area contributed by atoms with Crippen molar-refractivity contribution in [1.29, 1.82) is 5.26 Å². The van der Waals surface area contributed by atoms with Crippen LogP contribution in [0.15, 0.2) is 23.1 Å². The summed E-state index contributed by atoms with van der Waals surface area (Å²) in [7, 11) is 0. The maximum atomic E-state index is 10.4. The van der Waals surface area contributed by atoms with Gasteiger partial charge < -0.3 is 0 Å². The van der Waals surface area contributed by atoms with Crippen molar-refractivity contribution in [2.75, 3.05) is 0 Å². The Bertz CT molecular complexity index is 370. The first kappa shape index (κ1) is 8.56. The third-order valence-electron chi connectivity index (χ3n) is 1.30. The number of nitro benzene ring substituents is 1. The second kappa shape index (κ2) is 3.24. The SMILES string of the molecule is N#Cc1ccc(S)cc1[N+](=O)[O-]. The first-order valence-electron chi connectivity index (χ1n) is 3.02. The lowest BCUT2D eigenvalue weighted by Gasteiger charge is -1.94. The van der Waals surface area contributed by atoms with Gasteiger partial charge in [0.15, 0.2) is 0 Å². The molecule has 0 heterocycles. The molecular weight excluding hydrogens is 176 g/mol. The van der Waals surface area contributed by atoms with Gasteiger partial charge in [0.05, 0.1) is 4.92 Å². The fourth-order valence-electron chi connectivity index (χ4n) is 0.766. The summed E-state index contributed by atoms with van der Waals surface area (Å²) >= 11 is 3.92. The molecule has 0 saturated carbocycles. The van der Waals surface area contributed by atoms with Crippen LogP contribution in [0.4, 0.5) is 5.69 Å². The van der Waals surface area contributed by atoms with Crippen LogP contribution >= 0.6 is 12.6 Å². The van der Waals surface area contributed by atoms with E-state index in [1.807, 2.05) is 0 Å². The van der Waals surface area contributed by atoms with Crippen molar-refractivity contribution in [1.82, 2.24) is 0 Å². The van der Waals surface area contributed by atoms with Crippen molar-refractivity contribution in [3.8, 4) is 6.07 Å². The maximum Gasteiger partial charge on any atom is 0.288 e. The number of nitro groups is 1. The third kappa shape index (κ3) is 1.54. The van der Waals surface area contributed by atoms with Crippen molar-refractivity contribution >= 4 is 18.3 Å². The number of rotatable bonds is 1. The largest absolute Gasteiger partial charge is 0.288 e. The Kier molecular flexibility index (Phi) is 2.31. The summed E-state index contributed by atoms with van der Waals surface area (Å²) in [5.74, 6) is 0. The van der Waals surface area contributed by atoms with E-state index in [0.29, 0.717) is 4.90 Å². The molecule has 0 aromatic heterocycles. The van der Waals surface area contributed by atoms with Gasteiger partial charge in [0, 0.05) is 11.0 Å². The van der Waals surface area contributed by atoms with E-state index in [4.69, 9.17) is 5.26 Å². The zero-order chi connectivity index (χ0) is 9.14. The van der Waals surface area contributed by atoms with Crippen molar-refractivity contribution in [2.45, 2.75) is 4.90 Å². The minimum absolute atomic E-state index is 0.0535. The first-order chi connectivity index (χ1) is 5.65. The van der Waals surface area contributed by atoms with Gasteiger partial charge in [-0.2, -0.15) is 5.26 Å². The van der Waals surface area contributed by atoms with E-state index in [0.717, 1.165) is 0 Å². The van der Waals surface area contributed by atoms with Gasteiger partial charge in [0.2, 0.25) is 0 Å². The molecule has 1 rings (SSSR count). The molecule has 0 N–H and O–H groups in total. The molecule has 0 saturated heterocycles. The Morgan fingerprint density at radius 2 is 2.25 bits per heavy atom. The predicted octanol–water partition coefficient (Wildman–Crippen LogP) is 1.76. The quantitative estimate of drug-likeness (QED) is 0.406. The number of benzene rings is 1. The van der Waals surface area contributed by atoms with Crippen LogP contribution in [0.1, 0.15) is 5.56 Å². The van der Waals surface area contributed by atoms with E-state index in [-0.39, 0.29) is 11.3 Å². The van der Waals surface area contributed by atoms with E-state index in [9.17, 15) is 10.1 Å². The summed E-state index contributed by atoms with van der Waals surface area (Å²) in [6.07, 6.45) is 0. The van der Waals surface area contributed by atoms with Gasteiger partial charge in [0.25, 0.3) is 5.69 Å². The van der Waals surface area contributed by atoms with Gasteiger partial charge >= 0.3 is 0 Å². The molecule has 0 aliphatic carbocycles. The van der Waals surface area contributed by atoms with E-state index >= 15 is 0 Å². The number of nitriles is 1. The number of thiol groups is 1. The first-order valence-corrected chi connectivity index (χ1v) is 3.47. The minimum atomic E-state index is -0.599. The molecule has 0 aliphatic heterocycles. The Balaban J connectivity index is 3.34. The van der Waals surface area contributed by atoms with Gasteiger partial charge in [-0.15, -0.1) is 12.6 Å². The molecule has 0 fully saturated rings. The Labute approximate surface area is 74.0 Å². The summed E-state index contributed by atoms with van der Waals surface area (Å²) in [4.78, 5) is 10.2. The van der Waals surface area contributed by atoms with Crippen molar-refractivity contribution in [3.05, 3.63) is 33.9 Å². The average Bonchev–Trinajstić information content (AvgIpc) is 2.04. The summed E-state index contributed by atoms with van der Waals surface area (Å²) in [5, 5.41) is 18.8. The molecule has 12 heavy (non-hydrogen) atoms. The maximum absolute atomic E-state index is 10.4. The smallest absolute Gasteiger partial charge is 0.258 e. The lowest BCUT2D eigenvalue weighted by Crippen LogP contribution is -1.91. The molecule has 0 radical (unpaired) electrons. The monoisotopic (exact) mass is 180 g/mol. The van der Waals surface area contributed by atoms with E-state index in [2.05, 4.69) is 12.6 Å². The molecule has 4 nitrogen and oxygen atoms in total. The summed E-state index contributed by atoms with van der Waals surface area (Å²) < 4.78 is 0. The molecule has 0 amide bonds. The molecule has 1 aromatic rings. The summed E-state index contributed by atoms with van der Waals surface area (Å²) in [5.41, 5.74) is -0.150. The fraction of sp³-hybridized carbons (Fsp3) is 0. The van der Waals surface area contributed by atoms with Gasteiger partial charge in [-0.25, -0.2) is 0 Å². The Morgan fingerprint density at radius 1 is 1.58 bits per heavy atom. The van der Waals surface area contributed by atoms with Gasteiger partial charge in [-0.1, -0.05) is 0 Å². The van der Waals surface area contributed by atoms with Gasteiger partial charge in [-0.3, -0.25) is 10.1 Å². The average molecular weight is 180 g/mol. The van der Waals surface area contributed by atoms with E-state index in [1.165, 1.54) is 18.2 Å². The van der Waals surface area contributed by atoms with Gasteiger partial charge in [0.1, 0.15) is 11.6 Å². The topological polar surface area (TPSA) is 66.9 Å². The molecule has 0 atom stereocenters. The van der Waals surface area contributed by atoms with Crippen LogP contribution < -0.4 is 0 Å². The van der Waals surface area contributed by atoms with Crippen LogP contribution in [-0.2, 0) is 0 Å². The minimum Gasteiger partial charge on any atom is -0.258 e. The molecule has 0 spiro atoms. The fourth-order valence-corrected chi connectivity index (χ4v) is 0.962. The predicted molar refractivity (Wildman–Crippen MR) is 45.1 cm³/mol. The molecule has 0 unspecified atom stereocenters. The zero-order valence-electron chi connectivity index (χ0n) is 5.89. The summed E-state index contributed by atoms with van der Waals surface area (Å²) in [6.45, 7) is 0. The van der Waals surface area contributed by atoms with Gasteiger partial charge in [-0.05, 0) is 12.1 Å². The second-order valence-corrected chi connectivity index (χ2v) is 2.59. The molecule has 0 bridgehead atoms. The lowest BCUT2D eigenvalue weighted by molar-refractivity contribution is -0.385. The van der Waals surface area contributed by atoms with Crippen LogP contribution in [0.5, 0.6) is 0 Å². The molecule has 60 valence electrons. The zero-order valence-corrected chi connectivity index (χ0v) is 6.78. The standard InChI is InChI=1S/C7H4N2O2S/c8-4-5-1-2-6(12)3-7(5)9(10)11/h1-3,12H. The summed E-state index contributed by atoms with van der Waals surface area (Å²) in [6, 6.07) is 5.89. The lowest BCUT2D eigenvalue weighted by atomic mass is 10.2. The van der Waals surface area contributed by atoms with Crippen molar-refractivity contribution in [2.24, 2.45) is 0 Å². The molecule has 1 aromatic carbocycles. The van der Waals surface area contributed by atoms with E-state index in [1.54, 1.807) is 6.07 Å². The third-order valence-corrected chi connectivity index (χ3v) is 1.58. The van der Waals surface area contributed by atoms with Crippen LogP contribution in [-0.4, -0.2) is 4.92 Å². The highest BCUT2D eigenvalue weighted by atomic mass is 32.1. The highest BCUT2D eigenvalue weighted by Gasteiger charge is 2.12. The Morgan fingerprint density at radius 3 is 2.75 bits per heavy atom. The van der Waals surface area contributed by atoms with Crippen LogP contribution in [0, 0.1) is 21.4 Å². The van der Waals surface area contributed by atoms with Crippen molar-refractivity contribution < 1.29 is 4.92 Å². The molecular formula is C7H4N2O2S. The number of nitrogens with zero attached hydrogens (tertiary/aromatic N) is 2. The van der Waals surface area contributed by atoms with Crippen molar-refractivity contribution in [3.63, 3.8) is 0 Å². The van der Waals surface area contributed by atoms with Crippen LogP contribution in [0.3, 0.4) is 0 Å². The Hall–Kier alpha value is -1.54. The number of hydrogen-bond acceptors (Lipinski definition) is 4. The number of hydrogen-bond donors (Lipinski definition) is 1. The highest BCUT2D eigenvalue weighted by Crippen LogP contribution is 2.20. The normalized spacial score (nSPS) is 9.00. The molecule has 5 heteroatoms. The highest BCUT2D eigenvalue weighted by molar-refractivity contribution is 7.80. The van der Waals surface area contributed by atoms with Crippen LogP contribution in [0.2, 0.25) is 0 Å². The second-order valence-electron chi connectivity index (χ2n) is 2.07. The van der Waals surface area contributed by atoms with E-state index < -0.39 is 4.92 Å². The van der Waals surface area contributed by atoms with Crippen LogP contribution in [0.25, 0.3) is 0 Å².